The van der Waals surface area contributed by atoms with Gasteiger partial charge in [-0.3, -0.25) is 9.69 Å². The van der Waals surface area contributed by atoms with E-state index in [2.05, 4.69) is 35.3 Å². The molecule has 2 heterocycles. The number of aromatic carboxylic acids is 1. The quantitative estimate of drug-likeness (QED) is 0.260. The fourth-order valence-corrected chi connectivity index (χ4v) is 5.24. The van der Waals surface area contributed by atoms with Gasteiger partial charge >= 0.3 is 5.97 Å². The van der Waals surface area contributed by atoms with Crippen LogP contribution < -0.4 is 0 Å². The van der Waals surface area contributed by atoms with Gasteiger partial charge in [-0.2, -0.15) is 0 Å². The zero-order valence-electron chi connectivity index (χ0n) is 18.0. The number of amides is 1. The molecule has 0 spiro atoms. The molecule has 0 unspecified atom stereocenters. The number of fused-ring (bicyclic) bond motifs is 1. The number of H-pyrrole nitrogens is 1. The number of rotatable bonds is 6. The van der Waals surface area contributed by atoms with E-state index in [1.807, 2.05) is 30.5 Å². The van der Waals surface area contributed by atoms with Crippen molar-refractivity contribution in [1.29, 1.82) is 0 Å². The molecule has 0 radical (unpaired) electrons. The Kier molecular flexibility index (Phi) is 6.04. The second-order valence-corrected chi connectivity index (χ2v) is 9.67. The van der Waals surface area contributed by atoms with Crippen molar-refractivity contribution in [3.05, 3.63) is 101 Å². The molecular formula is C27H20N2O3S2. The van der Waals surface area contributed by atoms with Gasteiger partial charge < -0.3 is 10.1 Å². The molecule has 2 N–H and O–H groups in total. The zero-order chi connectivity index (χ0) is 23.7. The van der Waals surface area contributed by atoms with Gasteiger partial charge in [-0.25, -0.2) is 4.79 Å². The first-order valence-corrected chi connectivity index (χ1v) is 12.0. The van der Waals surface area contributed by atoms with Crippen LogP contribution in [0.1, 0.15) is 21.5 Å². The summed E-state index contributed by atoms with van der Waals surface area (Å²) in [6.07, 6.45) is 4.41. The number of hydrogen-bond acceptors (Lipinski definition) is 4. The molecule has 1 aromatic heterocycles. The predicted molar refractivity (Wildman–Crippen MR) is 141 cm³/mol. The standard InChI is InChI=1S/C27H20N2O3S2/c30-25-24(34-27(33)29(25)13-11-17-4-6-20(7-5-17)26(31)32)15-18-2-1-3-21(14-18)22-9-8-19-10-12-28-23(19)16-22/h1-10,12,14-16,28H,11,13H2,(H,31,32). The van der Waals surface area contributed by atoms with Crippen LogP contribution in [0.4, 0.5) is 0 Å². The van der Waals surface area contributed by atoms with E-state index in [9.17, 15) is 9.59 Å². The second-order valence-electron chi connectivity index (χ2n) is 7.99. The minimum absolute atomic E-state index is 0.102. The number of nitrogens with zero attached hydrogens (tertiary/aromatic N) is 1. The predicted octanol–water partition coefficient (Wildman–Crippen LogP) is 5.98. The Bertz CT molecular complexity index is 1450. The molecule has 0 saturated carbocycles. The largest absolute Gasteiger partial charge is 0.478 e. The molecule has 4 aromatic rings. The first kappa shape index (κ1) is 22.1. The number of hydrogen-bond donors (Lipinski definition) is 2. The first-order valence-electron chi connectivity index (χ1n) is 10.7. The summed E-state index contributed by atoms with van der Waals surface area (Å²) < 4.78 is 0.534. The fraction of sp³-hybridized carbons (Fsp3) is 0.0741. The van der Waals surface area contributed by atoms with Gasteiger partial charge in [0.15, 0.2) is 0 Å². The molecule has 34 heavy (non-hydrogen) atoms. The fourth-order valence-electron chi connectivity index (χ4n) is 3.93. The lowest BCUT2D eigenvalue weighted by Crippen LogP contribution is -2.30. The summed E-state index contributed by atoms with van der Waals surface area (Å²) >= 11 is 6.78. The summed E-state index contributed by atoms with van der Waals surface area (Å²) in [7, 11) is 0. The van der Waals surface area contributed by atoms with Crippen molar-refractivity contribution in [2.24, 2.45) is 0 Å². The Morgan fingerprint density at radius 2 is 1.82 bits per heavy atom. The number of nitrogens with one attached hydrogen (secondary N) is 1. The van der Waals surface area contributed by atoms with Crippen molar-refractivity contribution in [3.8, 4) is 11.1 Å². The van der Waals surface area contributed by atoms with Crippen molar-refractivity contribution >= 4 is 57.2 Å². The number of carbonyl (C=O) groups is 2. The number of carboxylic acid groups (broad SMARTS) is 1. The molecule has 7 heteroatoms. The van der Waals surface area contributed by atoms with Gasteiger partial charge in [0, 0.05) is 18.3 Å². The van der Waals surface area contributed by atoms with Gasteiger partial charge in [-0.05, 0) is 70.5 Å². The summed E-state index contributed by atoms with van der Waals surface area (Å²) in [5.41, 5.74) is 5.40. The molecule has 168 valence electrons. The lowest BCUT2D eigenvalue weighted by atomic mass is 10.0. The summed E-state index contributed by atoms with van der Waals surface area (Å²) in [6.45, 7) is 0.449. The zero-order valence-corrected chi connectivity index (χ0v) is 19.7. The van der Waals surface area contributed by atoms with Crippen LogP contribution in [0.5, 0.6) is 0 Å². The van der Waals surface area contributed by atoms with Crippen molar-refractivity contribution in [1.82, 2.24) is 9.88 Å². The highest BCUT2D eigenvalue weighted by atomic mass is 32.2. The van der Waals surface area contributed by atoms with Gasteiger partial charge in [0.2, 0.25) is 0 Å². The van der Waals surface area contributed by atoms with Crippen LogP contribution in [-0.4, -0.2) is 37.7 Å². The summed E-state index contributed by atoms with van der Waals surface area (Å²) in [4.78, 5) is 29.5. The molecule has 5 rings (SSSR count). The van der Waals surface area contributed by atoms with E-state index in [-0.39, 0.29) is 11.5 Å². The maximum absolute atomic E-state index is 13.0. The van der Waals surface area contributed by atoms with Gasteiger partial charge in [0.25, 0.3) is 5.91 Å². The lowest BCUT2D eigenvalue weighted by Gasteiger charge is -2.14. The number of carbonyl (C=O) groups excluding carboxylic acids is 1. The third-order valence-electron chi connectivity index (χ3n) is 5.77. The van der Waals surface area contributed by atoms with Gasteiger partial charge in [0.05, 0.1) is 10.5 Å². The number of aromatic nitrogens is 1. The highest BCUT2D eigenvalue weighted by Gasteiger charge is 2.31. The van der Waals surface area contributed by atoms with Crippen LogP contribution >= 0.6 is 24.0 Å². The van der Waals surface area contributed by atoms with Crippen LogP contribution in [0, 0.1) is 0 Å². The Labute approximate surface area is 206 Å². The Balaban J connectivity index is 1.31. The van der Waals surface area contributed by atoms with Crippen LogP contribution in [0.15, 0.2) is 83.9 Å². The highest BCUT2D eigenvalue weighted by Crippen LogP contribution is 2.33. The lowest BCUT2D eigenvalue weighted by molar-refractivity contribution is -0.122. The number of carboxylic acids is 1. The van der Waals surface area contributed by atoms with Crippen molar-refractivity contribution in [2.75, 3.05) is 6.54 Å². The van der Waals surface area contributed by atoms with E-state index in [0.29, 0.717) is 22.2 Å². The minimum Gasteiger partial charge on any atom is -0.478 e. The molecule has 0 aliphatic carbocycles. The normalized spacial score (nSPS) is 14.9. The third-order valence-corrected chi connectivity index (χ3v) is 7.15. The number of benzene rings is 3. The molecule has 0 bridgehead atoms. The van der Waals surface area contributed by atoms with Gasteiger partial charge in [0.1, 0.15) is 4.32 Å². The average Bonchev–Trinajstić information content (AvgIpc) is 3.41. The molecule has 1 aliphatic heterocycles. The van der Waals surface area contributed by atoms with Crippen molar-refractivity contribution in [2.45, 2.75) is 6.42 Å². The maximum atomic E-state index is 13.0. The first-order chi connectivity index (χ1) is 16.5. The monoisotopic (exact) mass is 484 g/mol. The van der Waals surface area contributed by atoms with Crippen LogP contribution in [0.2, 0.25) is 0 Å². The Morgan fingerprint density at radius 3 is 2.62 bits per heavy atom. The average molecular weight is 485 g/mol. The molecule has 1 fully saturated rings. The van der Waals surface area contributed by atoms with Crippen molar-refractivity contribution in [3.63, 3.8) is 0 Å². The Morgan fingerprint density at radius 1 is 1.03 bits per heavy atom. The number of thiocarbonyl (C=S) groups is 1. The highest BCUT2D eigenvalue weighted by molar-refractivity contribution is 8.26. The van der Waals surface area contributed by atoms with Gasteiger partial charge in [-0.1, -0.05) is 66.4 Å². The summed E-state index contributed by atoms with van der Waals surface area (Å²) in [5, 5.41) is 10.2. The molecule has 1 amide bonds. The second kappa shape index (κ2) is 9.29. The van der Waals surface area contributed by atoms with E-state index in [4.69, 9.17) is 17.3 Å². The molecule has 3 aromatic carbocycles. The molecule has 1 saturated heterocycles. The van der Waals surface area contributed by atoms with E-state index >= 15 is 0 Å². The van der Waals surface area contributed by atoms with E-state index < -0.39 is 5.97 Å². The van der Waals surface area contributed by atoms with Gasteiger partial charge in [-0.15, -0.1) is 0 Å². The SMILES string of the molecule is O=C(O)c1ccc(CCN2C(=O)C(=Cc3cccc(-c4ccc5cc[nH]c5c4)c3)SC2=S)cc1. The molecular weight excluding hydrogens is 464 g/mol. The van der Waals surface area contributed by atoms with Crippen molar-refractivity contribution < 1.29 is 14.7 Å². The molecule has 0 atom stereocenters. The van der Waals surface area contributed by atoms with E-state index in [1.165, 1.54) is 17.1 Å². The van der Waals surface area contributed by atoms with Crippen LogP contribution in [0.25, 0.3) is 28.1 Å². The molecule has 1 aliphatic rings. The van der Waals surface area contributed by atoms with Crippen LogP contribution in [-0.2, 0) is 11.2 Å². The van der Waals surface area contributed by atoms with Crippen LogP contribution in [0.3, 0.4) is 0 Å². The Hall–Kier alpha value is -3.68. The topological polar surface area (TPSA) is 73.4 Å². The number of aromatic amines is 1. The van der Waals surface area contributed by atoms with E-state index in [1.54, 1.807) is 29.2 Å². The maximum Gasteiger partial charge on any atom is 0.335 e. The summed E-state index contributed by atoms with van der Waals surface area (Å²) in [5.74, 6) is -1.06. The number of thioether (sulfide) groups is 1. The summed E-state index contributed by atoms with van der Waals surface area (Å²) in [6, 6.07) is 23.1. The third kappa shape index (κ3) is 4.53. The molecule has 5 nitrogen and oxygen atoms in total. The minimum atomic E-state index is -0.956. The van der Waals surface area contributed by atoms with E-state index in [0.717, 1.165) is 27.8 Å². The smallest absolute Gasteiger partial charge is 0.335 e.